The highest BCUT2D eigenvalue weighted by Gasteiger charge is 2.21. The molecule has 1 atom stereocenters. The first kappa shape index (κ1) is 17.0. The average molecular weight is 356 g/mol. The van der Waals surface area contributed by atoms with E-state index in [1.165, 1.54) is 0 Å². The topological polar surface area (TPSA) is 96.4 Å². The van der Waals surface area contributed by atoms with E-state index in [0.717, 1.165) is 48.8 Å². The standard InChI is InChI=1S/C19H24N4O3/c24-15-5-2-13(3-6-15)22-19-20-10-12-1-7-16(9-17(12)23-19)26-11-14-4-8-18(25)21-14/h1,7,9-10,13-15,24H,2-6,8,11H2,(H,21,25)(H,20,22,23)/t13?,14-,15?/m0/s1. The van der Waals surface area contributed by atoms with E-state index in [1.54, 1.807) is 0 Å². The maximum Gasteiger partial charge on any atom is 0.223 e. The highest BCUT2D eigenvalue weighted by Crippen LogP contribution is 2.23. The van der Waals surface area contributed by atoms with Crippen LogP contribution in [0.2, 0.25) is 0 Å². The summed E-state index contributed by atoms with van der Waals surface area (Å²) < 4.78 is 5.82. The van der Waals surface area contributed by atoms with Gasteiger partial charge in [-0.05, 0) is 44.2 Å². The Balaban J connectivity index is 1.41. The lowest BCUT2D eigenvalue weighted by Crippen LogP contribution is -2.30. The first-order chi connectivity index (χ1) is 12.7. The van der Waals surface area contributed by atoms with Crippen molar-refractivity contribution in [2.45, 2.75) is 56.7 Å². The van der Waals surface area contributed by atoms with Crippen LogP contribution in [0, 0.1) is 0 Å². The van der Waals surface area contributed by atoms with Crippen molar-refractivity contribution in [3.05, 3.63) is 24.4 Å². The van der Waals surface area contributed by atoms with Gasteiger partial charge in [-0.15, -0.1) is 0 Å². The number of fused-ring (bicyclic) bond motifs is 1. The van der Waals surface area contributed by atoms with Crippen LogP contribution in [0.1, 0.15) is 38.5 Å². The van der Waals surface area contributed by atoms with Gasteiger partial charge in [-0.1, -0.05) is 0 Å². The van der Waals surface area contributed by atoms with Crippen LogP contribution in [-0.2, 0) is 4.79 Å². The van der Waals surface area contributed by atoms with E-state index in [-0.39, 0.29) is 18.1 Å². The molecule has 1 aromatic carbocycles. The molecule has 1 saturated heterocycles. The van der Waals surface area contributed by atoms with Crippen LogP contribution in [0.5, 0.6) is 5.75 Å². The van der Waals surface area contributed by atoms with E-state index < -0.39 is 0 Å². The third kappa shape index (κ3) is 4.04. The Bertz CT molecular complexity index is 789. The van der Waals surface area contributed by atoms with E-state index in [4.69, 9.17) is 4.74 Å². The predicted octanol–water partition coefficient (Wildman–Crippen LogP) is 2.00. The molecule has 1 aromatic heterocycles. The summed E-state index contributed by atoms with van der Waals surface area (Å²) in [7, 11) is 0. The molecule has 1 amide bonds. The molecule has 2 heterocycles. The van der Waals surface area contributed by atoms with Gasteiger partial charge in [-0.2, -0.15) is 0 Å². The molecule has 0 spiro atoms. The van der Waals surface area contributed by atoms with Crippen molar-refractivity contribution >= 4 is 22.8 Å². The van der Waals surface area contributed by atoms with Crippen molar-refractivity contribution in [2.24, 2.45) is 0 Å². The Morgan fingerprint density at radius 3 is 2.85 bits per heavy atom. The first-order valence-electron chi connectivity index (χ1n) is 9.29. The summed E-state index contributed by atoms with van der Waals surface area (Å²) in [6, 6.07) is 6.14. The molecule has 138 valence electrons. The quantitative estimate of drug-likeness (QED) is 0.758. The summed E-state index contributed by atoms with van der Waals surface area (Å²) in [6.07, 6.45) is 6.53. The number of anilines is 1. The molecular formula is C19H24N4O3. The fraction of sp³-hybridized carbons (Fsp3) is 0.526. The highest BCUT2D eigenvalue weighted by molar-refractivity contribution is 5.80. The van der Waals surface area contributed by atoms with Crippen LogP contribution in [0.4, 0.5) is 5.95 Å². The molecule has 1 aliphatic carbocycles. The maximum atomic E-state index is 11.3. The molecular weight excluding hydrogens is 332 g/mol. The highest BCUT2D eigenvalue weighted by atomic mass is 16.5. The van der Waals surface area contributed by atoms with Crippen LogP contribution in [0.25, 0.3) is 10.9 Å². The summed E-state index contributed by atoms with van der Waals surface area (Å²) in [5.74, 6) is 1.44. The minimum atomic E-state index is -0.171. The van der Waals surface area contributed by atoms with E-state index >= 15 is 0 Å². The molecule has 7 nitrogen and oxygen atoms in total. The van der Waals surface area contributed by atoms with Gasteiger partial charge in [0, 0.05) is 30.1 Å². The average Bonchev–Trinajstić information content (AvgIpc) is 3.07. The van der Waals surface area contributed by atoms with Crippen molar-refractivity contribution in [3.63, 3.8) is 0 Å². The minimum Gasteiger partial charge on any atom is -0.491 e. The third-order valence-corrected chi connectivity index (χ3v) is 5.12. The van der Waals surface area contributed by atoms with Gasteiger partial charge in [-0.25, -0.2) is 9.97 Å². The summed E-state index contributed by atoms with van der Waals surface area (Å²) in [5.41, 5.74) is 0.825. The van der Waals surface area contributed by atoms with Crippen molar-refractivity contribution in [2.75, 3.05) is 11.9 Å². The Morgan fingerprint density at radius 2 is 2.08 bits per heavy atom. The molecule has 1 aliphatic heterocycles. The summed E-state index contributed by atoms with van der Waals surface area (Å²) in [5, 5.41) is 16.8. The molecule has 7 heteroatoms. The SMILES string of the molecule is O=C1CC[C@@H](COc2ccc3cnc(NC4CCC(O)CC4)nc3c2)N1. The number of aromatic nitrogens is 2. The lowest BCUT2D eigenvalue weighted by molar-refractivity contribution is -0.119. The van der Waals surface area contributed by atoms with E-state index in [1.807, 2.05) is 24.4 Å². The second-order valence-electron chi connectivity index (χ2n) is 7.18. The fourth-order valence-corrected chi connectivity index (χ4v) is 3.56. The van der Waals surface area contributed by atoms with Gasteiger partial charge in [0.2, 0.25) is 11.9 Å². The van der Waals surface area contributed by atoms with Gasteiger partial charge in [0.25, 0.3) is 0 Å². The van der Waals surface area contributed by atoms with E-state index in [0.29, 0.717) is 25.0 Å². The van der Waals surface area contributed by atoms with Crippen molar-refractivity contribution in [1.82, 2.24) is 15.3 Å². The lowest BCUT2D eigenvalue weighted by Gasteiger charge is -2.26. The zero-order valence-electron chi connectivity index (χ0n) is 14.6. The van der Waals surface area contributed by atoms with Gasteiger partial charge in [0.1, 0.15) is 12.4 Å². The summed E-state index contributed by atoms with van der Waals surface area (Å²) >= 11 is 0. The third-order valence-electron chi connectivity index (χ3n) is 5.12. The number of nitrogens with zero attached hydrogens (tertiary/aromatic N) is 2. The molecule has 1 saturated carbocycles. The number of hydrogen-bond donors (Lipinski definition) is 3. The first-order valence-corrected chi connectivity index (χ1v) is 9.29. The number of aliphatic hydroxyl groups is 1. The number of hydrogen-bond acceptors (Lipinski definition) is 6. The number of amides is 1. The van der Waals surface area contributed by atoms with Gasteiger partial charge >= 0.3 is 0 Å². The number of nitrogens with one attached hydrogen (secondary N) is 2. The lowest BCUT2D eigenvalue weighted by atomic mass is 9.93. The fourth-order valence-electron chi connectivity index (χ4n) is 3.56. The van der Waals surface area contributed by atoms with Gasteiger partial charge in [0.05, 0.1) is 17.7 Å². The number of carbonyl (C=O) groups excluding carboxylic acids is 1. The molecule has 0 radical (unpaired) electrons. The molecule has 4 rings (SSSR count). The van der Waals surface area contributed by atoms with Crippen LogP contribution in [0.15, 0.2) is 24.4 Å². The monoisotopic (exact) mass is 356 g/mol. The van der Waals surface area contributed by atoms with Gasteiger partial charge in [-0.3, -0.25) is 4.79 Å². The zero-order chi connectivity index (χ0) is 17.9. The molecule has 2 aromatic rings. The molecule has 3 N–H and O–H groups in total. The van der Waals surface area contributed by atoms with Crippen molar-refractivity contribution in [3.8, 4) is 5.75 Å². The van der Waals surface area contributed by atoms with Crippen LogP contribution in [0.3, 0.4) is 0 Å². The summed E-state index contributed by atoms with van der Waals surface area (Å²) in [6.45, 7) is 0.470. The van der Waals surface area contributed by atoms with Crippen molar-refractivity contribution < 1.29 is 14.6 Å². The van der Waals surface area contributed by atoms with Crippen LogP contribution in [-0.4, -0.2) is 45.8 Å². The predicted molar refractivity (Wildman–Crippen MR) is 98.1 cm³/mol. The minimum absolute atomic E-state index is 0.0856. The smallest absolute Gasteiger partial charge is 0.223 e. The maximum absolute atomic E-state index is 11.3. The zero-order valence-corrected chi connectivity index (χ0v) is 14.6. The molecule has 2 aliphatic rings. The molecule has 0 unspecified atom stereocenters. The number of rotatable bonds is 5. The number of benzene rings is 1. The van der Waals surface area contributed by atoms with Crippen molar-refractivity contribution in [1.29, 1.82) is 0 Å². The van der Waals surface area contributed by atoms with E-state index in [9.17, 15) is 9.90 Å². The molecule has 2 fully saturated rings. The second-order valence-corrected chi connectivity index (χ2v) is 7.18. The molecule has 26 heavy (non-hydrogen) atoms. The Kier molecular flexibility index (Phi) is 4.88. The Morgan fingerprint density at radius 1 is 1.23 bits per heavy atom. The summed E-state index contributed by atoms with van der Waals surface area (Å²) in [4.78, 5) is 20.3. The number of ether oxygens (including phenoxy) is 1. The van der Waals surface area contributed by atoms with E-state index in [2.05, 4.69) is 20.6 Å². The van der Waals surface area contributed by atoms with Gasteiger partial charge in [0.15, 0.2) is 0 Å². The second kappa shape index (κ2) is 7.45. The van der Waals surface area contributed by atoms with Crippen LogP contribution >= 0.6 is 0 Å². The largest absolute Gasteiger partial charge is 0.491 e. The van der Waals surface area contributed by atoms with Gasteiger partial charge < -0.3 is 20.5 Å². The Labute approximate surface area is 152 Å². The normalized spacial score (nSPS) is 25.9. The molecule has 0 bridgehead atoms. The Hall–Kier alpha value is -2.41. The number of carbonyl (C=O) groups is 1. The number of aliphatic hydroxyl groups excluding tert-OH is 1. The van der Waals surface area contributed by atoms with Crippen LogP contribution < -0.4 is 15.4 Å².